The third-order valence-corrected chi connectivity index (χ3v) is 6.17. The molecule has 2 aromatic carbocycles. The van der Waals surface area contributed by atoms with Gasteiger partial charge in [0.1, 0.15) is 22.3 Å². The van der Waals surface area contributed by atoms with Crippen molar-refractivity contribution in [2.45, 2.75) is 11.3 Å². The van der Waals surface area contributed by atoms with Gasteiger partial charge in [-0.2, -0.15) is 0 Å². The maximum Gasteiger partial charge on any atom is 0.243 e. The van der Waals surface area contributed by atoms with Crippen LogP contribution in [0.1, 0.15) is 6.42 Å². The Kier molecular flexibility index (Phi) is 6.58. The SMILES string of the molecule is O=S(=O)(NCCCN1CCN(c2ccc(F)cc2)CC1)c1cc(F)ccc1F. The van der Waals surface area contributed by atoms with Crippen LogP contribution in [-0.2, 0) is 10.0 Å². The van der Waals surface area contributed by atoms with Crippen LogP contribution in [0.4, 0.5) is 18.9 Å². The Bertz CT molecular complexity index is 899. The summed E-state index contributed by atoms with van der Waals surface area (Å²) in [5.74, 6) is -2.05. The van der Waals surface area contributed by atoms with Gasteiger partial charge in [0.2, 0.25) is 10.0 Å². The summed E-state index contributed by atoms with van der Waals surface area (Å²) in [4.78, 5) is 3.70. The minimum Gasteiger partial charge on any atom is -0.369 e. The minimum absolute atomic E-state index is 0.135. The van der Waals surface area contributed by atoms with Gasteiger partial charge >= 0.3 is 0 Å². The molecular formula is C19H22F3N3O2S. The molecule has 2 aromatic rings. The van der Waals surface area contributed by atoms with Crippen LogP contribution in [0.2, 0.25) is 0 Å². The topological polar surface area (TPSA) is 52.7 Å². The summed E-state index contributed by atoms with van der Waals surface area (Å²) in [6, 6.07) is 8.73. The molecule has 0 unspecified atom stereocenters. The van der Waals surface area contributed by atoms with Crippen LogP contribution in [-0.4, -0.2) is 52.6 Å². The zero-order chi connectivity index (χ0) is 20.1. The fourth-order valence-electron chi connectivity index (χ4n) is 3.15. The lowest BCUT2D eigenvalue weighted by atomic mass is 10.2. The van der Waals surface area contributed by atoms with E-state index >= 15 is 0 Å². The molecule has 152 valence electrons. The number of nitrogens with zero attached hydrogens (tertiary/aromatic N) is 2. The largest absolute Gasteiger partial charge is 0.369 e. The van der Waals surface area contributed by atoms with Gasteiger partial charge in [0.25, 0.3) is 0 Å². The summed E-state index contributed by atoms with van der Waals surface area (Å²) in [5.41, 5.74) is 0.978. The minimum atomic E-state index is -4.09. The molecule has 1 N–H and O–H groups in total. The molecule has 5 nitrogen and oxygen atoms in total. The molecule has 1 fully saturated rings. The average Bonchev–Trinajstić information content (AvgIpc) is 2.68. The number of piperazine rings is 1. The van der Waals surface area contributed by atoms with Crippen molar-refractivity contribution >= 4 is 15.7 Å². The summed E-state index contributed by atoms with van der Waals surface area (Å²) in [7, 11) is -4.09. The van der Waals surface area contributed by atoms with E-state index in [0.29, 0.717) is 19.0 Å². The van der Waals surface area contributed by atoms with Crippen molar-refractivity contribution in [3.8, 4) is 0 Å². The highest BCUT2D eigenvalue weighted by molar-refractivity contribution is 7.89. The molecule has 28 heavy (non-hydrogen) atoms. The summed E-state index contributed by atoms with van der Waals surface area (Å²) in [6.45, 7) is 4.03. The van der Waals surface area contributed by atoms with E-state index in [1.165, 1.54) is 12.1 Å². The molecule has 1 aliphatic rings. The predicted octanol–water partition coefficient (Wildman–Crippen LogP) is 2.59. The van der Waals surface area contributed by atoms with Gasteiger partial charge in [-0.15, -0.1) is 0 Å². The fraction of sp³-hybridized carbons (Fsp3) is 0.368. The number of anilines is 1. The first-order chi connectivity index (χ1) is 13.3. The highest BCUT2D eigenvalue weighted by Gasteiger charge is 2.20. The van der Waals surface area contributed by atoms with Crippen molar-refractivity contribution in [2.75, 3.05) is 44.2 Å². The first-order valence-corrected chi connectivity index (χ1v) is 10.5. The number of hydrogen-bond acceptors (Lipinski definition) is 4. The normalized spacial score (nSPS) is 15.8. The Morgan fingerprint density at radius 2 is 1.54 bits per heavy atom. The second-order valence-electron chi connectivity index (χ2n) is 6.63. The molecule has 0 atom stereocenters. The lowest BCUT2D eigenvalue weighted by Gasteiger charge is -2.36. The Hall–Kier alpha value is -2.10. The van der Waals surface area contributed by atoms with Gasteiger partial charge in [0.05, 0.1) is 0 Å². The van der Waals surface area contributed by atoms with Crippen LogP contribution >= 0.6 is 0 Å². The summed E-state index contributed by atoms with van der Waals surface area (Å²) < 4.78 is 66.4. The Morgan fingerprint density at radius 1 is 0.893 bits per heavy atom. The van der Waals surface area contributed by atoms with Gasteiger partial charge in [-0.3, -0.25) is 4.90 Å². The van der Waals surface area contributed by atoms with Gasteiger partial charge in [-0.25, -0.2) is 26.3 Å². The molecular weight excluding hydrogens is 391 g/mol. The number of nitrogens with one attached hydrogen (secondary N) is 1. The maximum absolute atomic E-state index is 13.6. The van der Waals surface area contributed by atoms with Crippen molar-refractivity contribution < 1.29 is 21.6 Å². The molecule has 1 heterocycles. The second kappa shape index (κ2) is 8.93. The monoisotopic (exact) mass is 413 g/mol. The van der Waals surface area contributed by atoms with Gasteiger partial charge < -0.3 is 4.90 Å². The van der Waals surface area contributed by atoms with Crippen LogP contribution < -0.4 is 9.62 Å². The smallest absolute Gasteiger partial charge is 0.243 e. The van der Waals surface area contributed by atoms with Gasteiger partial charge in [0, 0.05) is 38.4 Å². The predicted molar refractivity (Wildman–Crippen MR) is 101 cm³/mol. The van der Waals surface area contributed by atoms with Crippen molar-refractivity contribution in [1.82, 2.24) is 9.62 Å². The average molecular weight is 413 g/mol. The molecule has 0 amide bonds. The Labute approximate surface area is 162 Å². The van der Waals surface area contributed by atoms with E-state index in [9.17, 15) is 21.6 Å². The van der Waals surface area contributed by atoms with Crippen LogP contribution in [0.15, 0.2) is 47.4 Å². The molecule has 1 saturated heterocycles. The Balaban J connectivity index is 1.42. The third kappa shape index (κ3) is 5.24. The Morgan fingerprint density at radius 3 is 2.21 bits per heavy atom. The highest BCUT2D eigenvalue weighted by Crippen LogP contribution is 2.17. The van der Waals surface area contributed by atoms with Crippen LogP contribution in [0.3, 0.4) is 0 Å². The van der Waals surface area contributed by atoms with Crippen molar-refractivity contribution in [3.63, 3.8) is 0 Å². The van der Waals surface area contributed by atoms with E-state index < -0.39 is 26.6 Å². The van der Waals surface area contributed by atoms with E-state index in [1.54, 1.807) is 12.1 Å². The molecule has 0 bridgehead atoms. The maximum atomic E-state index is 13.6. The molecule has 0 radical (unpaired) electrons. The van der Waals surface area contributed by atoms with Crippen LogP contribution in [0, 0.1) is 17.5 Å². The van der Waals surface area contributed by atoms with Crippen LogP contribution in [0.25, 0.3) is 0 Å². The molecule has 0 aliphatic carbocycles. The summed E-state index contributed by atoms with van der Waals surface area (Å²) in [6.07, 6.45) is 0.548. The number of benzene rings is 2. The van der Waals surface area contributed by atoms with E-state index in [-0.39, 0.29) is 12.4 Å². The molecule has 0 aromatic heterocycles. The van der Waals surface area contributed by atoms with Gasteiger partial charge in [0.15, 0.2) is 0 Å². The fourth-order valence-corrected chi connectivity index (χ4v) is 4.31. The first kappa shape index (κ1) is 20.6. The lowest BCUT2D eigenvalue weighted by Crippen LogP contribution is -2.47. The molecule has 0 spiro atoms. The number of rotatable bonds is 7. The molecule has 9 heteroatoms. The van der Waals surface area contributed by atoms with E-state index in [4.69, 9.17) is 0 Å². The standard InChI is InChI=1S/C19H22F3N3O2S/c20-15-2-5-17(6-3-15)25-12-10-24(11-13-25)9-1-8-23-28(26,27)19-14-16(21)4-7-18(19)22/h2-7,14,23H,1,8-13H2. The third-order valence-electron chi connectivity index (χ3n) is 4.69. The highest BCUT2D eigenvalue weighted by atomic mass is 32.2. The molecule has 3 rings (SSSR count). The van der Waals surface area contributed by atoms with E-state index in [1.807, 2.05) is 0 Å². The number of halogens is 3. The lowest BCUT2D eigenvalue weighted by molar-refractivity contribution is 0.255. The zero-order valence-corrected chi connectivity index (χ0v) is 16.1. The second-order valence-corrected chi connectivity index (χ2v) is 8.37. The van der Waals surface area contributed by atoms with Crippen molar-refractivity contribution in [2.24, 2.45) is 0 Å². The number of sulfonamides is 1. The van der Waals surface area contributed by atoms with Crippen LogP contribution in [0.5, 0.6) is 0 Å². The summed E-state index contributed by atoms with van der Waals surface area (Å²) in [5, 5.41) is 0. The zero-order valence-electron chi connectivity index (χ0n) is 15.2. The van der Waals surface area contributed by atoms with Crippen molar-refractivity contribution in [1.29, 1.82) is 0 Å². The van der Waals surface area contributed by atoms with E-state index in [2.05, 4.69) is 14.5 Å². The van der Waals surface area contributed by atoms with Gasteiger partial charge in [-0.05, 0) is 55.4 Å². The first-order valence-electron chi connectivity index (χ1n) is 9.03. The quantitative estimate of drug-likeness (QED) is 0.709. The molecule has 0 saturated carbocycles. The molecule has 1 aliphatic heterocycles. The van der Waals surface area contributed by atoms with E-state index in [0.717, 1.165) is 44.0 Å². The van der Waals surface area contributed by atoms with Crippen molar-refractivity contribution in [3.05, 3.63) is 59.9 Å². The van der Waals surface area contributed by atoms with Gasteiger partial charge in [-0.1, -0.05) is 0 Å². The number of hydrogen-bond donors (Lipinski definition) is 1. The summed E-state index contributed by atoms with van der Waals surface area (Å²) >= 11 is 0.